The van der Waals surface area contributed by atoms with Crippen LogP contribution in [0.1, 0.15) is 5.56 Å². The molecule has 15 heavy (non-hydrogen) atoms. The molecule has 0 fully saturated rings. The molecule has 1 amide bonds. The van der Waals surface area contributed by atoms with Crippen LogP contribution in [0, 0.1) is 0 Å². The third-order valence-electron chi connectivity index (χ3n) is 1.90. The van der Waals surface area contributed by atoms with Crippen molar-refractivity contribution in [1.29, 1.82) is 0 Å². The first-order valence-corrected chi connectivity index (χ1v) is 5.60. The van der Waals surface area contributed by atoms with Crippen LogP contribution in [0.2, 0.25) is 0 Å². The molecule has 0 aliphatic rings. The zero-order valence-corrected chi connectivity index (χ0v) is 9.42. The van der Waals surface area contributed by atoms with E-state index in [-0.39, 0.29) is 18.6 Å². The van der Waals surface area contributed by atoms with Gasteiger partial charge in [-0.2, -0.15) is 11.3 Å². The van der Waals surface area contributed by atoms with Gasteiger partial charge in [0, 0.05) is 7.11 Å². The minimum absolute atomic E-state index is 0.0931. The molecule has 5 heteroatoms. The molecule has 0 aliphatic heterocycles. The largest absolute Gasteiger partial charge is 0.394 e. The number of carbonyl (C=O) groups is 1. The summed E-state index contributed by atoms with van der Waals surface area (Å²) in [6.45, 7) is 0.217. The van der Waals surface area contributed by atoms with Gasteiger partial charge >= 0.3 is 0 Å². The Balaban J connectivity index is 2.34. The molecule has 0 saturated heterocycles. The second-order valence-corrected chi connectivity index (χ2v) is 3.99. The summed E-state index contributed by atoms with van der Waals surface area (Å²) >= 11 is 1.56. The second-order valence-electron chi connectivity index (χ2n) is 3.21. The fraction of sp³-hybridized carbons (Fsp3) is 0.500. The average molecular weight is 229 g/mol. The highest BCUT2D eigenvalue weighted by Crippen LogP contribution is 2.06. The Bertz CT molecular complexity index is 287. The summed E-state index contributed by atoms with van der Waals surface area (Å²) in [6.07, 6.45) is 0.351. The van der Waals surface area contributed by atoms with Crippen LogP contribution in [0.3, 0.4) is 0 Å². The van der Waals surface area contributed by atoms with Crippen molar-refractivity contribution in [2.75, 3.05) is 20.3 Å². The smallest absolute Gasteiger partial charge is 0.224 e. The predicted molar refractivity (Wildman–Crippen MR) is 58.9 cm³/mol. The van der Waals surface area contributed by atoms with Gasteiger partial charge in [0.1, 0.15) is 0 Å². The lowest BCUT2D eigenvalue weighted by Crippen LogP contribution is -2.41. The molecule has 0 aromatic carbocycles. The first-order valence-electron chi connectivity index (χ1n) is 4.66. The van der Waals surface area contributed by atoms with Crippen molar-refractivity contribution >= 4 is 17.2 Å². The van der Waals surface area contributed by atoms with Crippen LogP contribution in [-0.4, -0.2) is 37.4 Å². The molecule has 84 valence electrons. The van der Waals surface area contributed by atoms with Crippen LogP contribution in [0.25, 0.3) is 0 Å². The van der Waals surface area contributed by atoms with Gasteiger partial charge in [0.15, 0.2) is 0 Å². The number of rotatable bonds is 6. The molecular weight excluding hydrogens is 214 g/mol. The topological polar surface area (TPSA) is 58.6 Å². The number of carbonyl (C=O) groups excluding carboxylic acids is 1. The predicted octanol–water partition coefficient (Wildman–Crippen LogP) is 0.414. The monoisotopic (exact) mass is 229 g/mol. The number of thiophene rings is 1. The van der Waals surface area contributed by atoms with E-state index in [2.05, 4.69) is 5.32 Å². The maximum atomic E-state index is 11.5. The summed E-state index contributed by atoms with van der Waals surface area (Å²) in [4.78, 5) is 11.5. The second kappa shape index (κ2) is 6.55. The van der Waals surface area contributed by atoms with Crippen LogP contribution in [0.4, 0.5) is 0 Å². The molecule has 4 nitrogen and oxygen atoms in total. The maximum absolute atomic E-state index is 11.5. The van der Waals surface area contributed by atoms with E-state index >= 15 is 0 Å². The first-order chi connectivity index (χ1) is 7.26. The summed E-state index contributed by atoms with van der Waals surface area (Å²) in [5, 5.41) is 15.5. The Morgan fingerprint density at radius 1 is 1.73 bits per heavy atom. The minimum atomic E-state index is -0.318. The highest BCUT2D eigenvalue weighted by atomic mass is 32.1. The number of methoxy groups -OCH3 is 1. The van der Waals surface area contributed by atoms with E-state index in [0.29, 0.717) is 13.0 Å². The quantitative estimate of drug-likeness (QED) is 0.743. The maximum Gasteiger partial charge on any atom is 0.224 e. The number of nitrogens with one attached hydrogen (secondary N) is 1. The van der Waals surface area contributed by atoms with E-state index in [1.165, 1.54) is 7.11 Å². The van der Waals surface area contributed by atoms with Gasteiger partial charge in [-0.05, 0) is 22.4 Å². The Morgan fingerprint density at radius 2 is 2.53 bits per heavy atom. The van der Waals surface area contributed by atoms with Gasteiger partial charge in [0.2, 0.25) is 5.91 Å². The van der Waals surface area contributed by atoms with Gasteiger partial charge in [-0.25, -0.2) is 0 Å². The normalized spacial score (nSPS) is 12.4. The third kappa shape index (κ3) is 4.42. The Morgan fingerprint density at radius 3 is 3.07 bits per heavy atom. The molecule has 1 unspecified atom stereocenters. The SMILES string of the molecule is COCC(CO)NC(=O)Cc1ccsc1. The number of aliphatic hydroxyl groups excluding tert-OH is 1. The summed E-state index contributed by atoms with van der Waals surface area (Å²) in [6, 6.07) is 1.59. The van der Waals surface area contributed by atoms with Gasteiger partial charge < -0.3 is 15.2 Å². The fourth-order valence-electron chi connectivity index (χ4n) is 1.20. The van der Waals surface area contributed by atoms with Crippen LogP contribution < -0.4 is 5.32 Å². The van der Waals surface area contributed by atoms with Crippen molar-refractivity contribution in [2.45, 2.75) is 12.5 Å². The van der Waals surface area contributed by atoms with Crippen LogP contribution in [0.5, 0.6) is 0 Å². The minimum Gasteiger partial charge on any atom is -0.394 e. The highest BCUT2D eigenvalue weighted by Gasteiger charge is 2.11. The molecule has 0 saturated carbocycles. The Labute approximate surface area is 92.9 Å². The zero-order valence-electron chi connectivity index (χ0n) is 8.60. The zero-order chi connectivity index (χ0) is 11.1. The standard InChI is InChI=1S/C10H15NO3S/c1-14-6-9(5-12)11-10(13)4-8-2-3-15-7-8/h2-3,7,9,12H,4-6H2,1H3,(H,11,13). The van der Waals surface area contributed by atoms with Crippen LogP contribution in [0.15, 0.2) is 16.8 Å². The third-order valence-corrected chi connectivity index (χ3v) is 2.63. The Kier molecular flexibility index (Phi) is 5.31. The van der Waals surface area contributed by atoms with E-state index in [4.69, 9.17) is 9.84 Å². The van der Waals surface area contributed by atoms with Crippen molar-refractivity contribution in [3.05, 3.63) is 22.4 Å². The lowest BCUT2D eigenvalue weighted by Gasteiger charge is -2.14. The van der Waals surface area contributed by atoms with Gasteiger partial charge in [0.05, 0.1) is 25.7 Å². The molecular formula is C10H15NO3S. The number of aliphatic hydroxyl groups is 1. The van der Waals surface area contributed by atoms with Crippen molar-refractivity contribution in [3.63, 3.8) is 0 Å². The molecule has 1 heterocycles. The number of hydrogen-bond donors (Lipinski definition) is 2. The lowest BCUT2D eigenvalue weighted by molar-refractivity contribution is -0.121. The molecule has 0 radical (unpaired) electrons. The van der Waals surface area contributed by atoms with Crippen LogP contribution in [-0.2, 0) is 16.0 Å². The van der Waals surface area contributed by atoms with E-state index < -0.39 is 0 Å². The molecule has 2 N–H and O–H groups in total. The van der Waals surface area contributed by atoms with E-state index in [9.17, 15) is 4.79 Å². The van der Waals surface area contributed by atoms with E-state index in [0.717, 1.165) is 5.56 Å². The Hall–Kier alpha value is -0.910. The summed E-state index contributed by atoms with van der Waals surface area (Å²) < 4.78 is 4.86. The van der Waals surface area contributed by atoms with Gasteiger partial charge in [0.25, 0.3) is 0 Å². The van der Waals surface area contributed by atoms with Gasteiger partial charge in [-0.1, -0.05) is 0 Å². The summed E-state index contributed by atoms with van der Waals surface area (Å²) in [7, 11) is 1.54. The van der Waals surface area contributed by atoms with Crippen molar-refractivity contribution in [1.82, 2.24) is 5.32 Å². The molecule has 0 spiro atoms. The van der Waals surface area contributed by atoms with Gasteiger partial charge in [-0.15, -0.1) is 0 Å². The summed E-state index contributed by atoms with van der Waals surface area (Å²) in [5.41, 5.74) is 0.992. The number of ether oxygens (including phenoxy) is 1. The lowest BCUT2D eigenvalue weighted by atomic mass is 10.2. The first kappa shape index (κ1) is 12.2. The molecule has 0 bridgehead atoms. The average Bonchev–Trinajstić information content (AvgIpc) is 2.69. The molecule has 1 aromatic heterocycles. The fourth-order valence-corrected chi connectivity index (χ4v) is 1.87. The molecule has 1 aromatic rings. The van der Waals surface area contributed by atoms with Gasteiger partial charge in [-0.3, -0.25) is 4.79 Å². The van der Waals surface area contributed by atoms with Crippen molar-refractivity contribution < 1.29 is 14.6 Å². The van der Waals surface area contributed by atoms with Crippen LogP contribution >= 0.6 is 11.3 Å². The summed E-state index contributed by atoms with van der Waals surface area (Å²) in [5.74, 6) is -0.0931. The number of amides is 1. The molecule has 1 rings (SSSR count). The molecule has 1 atom stereocenters. The van der Waals surface area contributed by atoms with E-state index in [1.54, 1.807) is 11.3 Å². The van der Waals surface area contributed by atoms with Crippen molar-refractivity contribution in [3.8, 4) is 0 Å². The van der Waals surface area contributed by atoms with E-state index in [1.807, 2.05) is 16.8 Å². The molecule has 0 aliphatic carbocycles. The number of hydrogen-bond acceptors (Lipinski definition) is 4. The highest BCUT2D eigenvalue weighted by molar-refractivity contribution is 7.07. The van der Waals surface area contributed by atoms with Crippen molar-refractivity contribution in [2.24, 2.45) is 0 Å².